The zero-order chi connectivity index (χ0) is 13.9. The molecule has 0 saturated heterocycles. The van der Waals surface area contributed by atoms with E-state index in [0.29, 0.717) is 6.42 Å². The van der Waals surface area contributed by atoms with Crippen molar-refractivity contribution in [2.24, 2.45) is 0 Å². The van der Waals surface area contributed by atoms with E-state index in [0.717, 1.165) is 6.07 Å². The van der Waals surface area contributed by atoms with Gasteiger partial charge in [-0.05, 0) is 31.5 Å². The summed E-state index contributed by atoms with van der Waals surface area (Å²) >= 11 is 5.74. The minimum atomic E-state index is -3.94. The van der Waals surface area contributed by atoms with Gasteiger partial charge in [0, 0.05) is 15.7 Å². The van der Waals surface area contributed by atoms with Crippen molar-refractivity contribution < 1.29 is 17.9 Å². The molecule has 0 heterocycles. The molecule has 7 heteroatoms. The molecule has 0 radical (unpaired) electrons. The topological polar surface area (TPSA) is 60.4 Å². The lowest BCUT2D eigenvalue weighted by Crippen LogP contribution is -2.14. The van der Waals surface area contributed by atoms with Crippen LogP contribution in [0.1, 0.15) is 30.6 Å². The maximum atomic E-state index is 11.7. The Hall–Kier alpha value is -0.780. The Morgan fingerprint density at radius 1 is 1.39 bits per heavy atom. The van der Waals surface area contributed by atoms with Crippen LogP contribution in [0, 0.1) is 0 Å². The third-order valence-corrected chi connectivity index (χ3v) is 3.82. The van der Waals surface area contributed by atoms with Gasteiger partial charge in [-0.25, -0.2) is 13.2 Å². The minimum absolute atomic E-state index is 0.0574. The van der Waals surface area contributed by atoms with Crippen LogP contribution in [0.4, 0.5) is 0 Å². The molecule has 18 heavy (non-hydrogen) atoms. The van der Waals surface area contributed by atoms with E-state index in [4.69, 9.17) is 27.0 Å². The summed E-state index contributed by atoms with van der Waals surface area (Å²) in [5.74, 6) is -0.631. The van der Waals surface area contributed by atoms with Crippen molar-refractivity contribution in [1.82, 2.24) is 0 Å². The standard InChI is InChI=1S/C11H12Cl2O4S/c1-3-7(2)17-11(14)8-4-9(12)6-10(5-8)18(13,15)16/h4-7H,3H2,1-2H3. The van der Waals surface area contributed by atoms with E-state index in [1.54, 1.807) is 6.92 Å². The van der Waals surface area contributed by atoms with Crippen molar-refractivity contribution >= 4 is 37.3 Å². The molecule has 1 aromatic carbocycles. The normalized spacial score (nSPS) is 13.1. The van der Waals surface area contributed by atoms with Gasteiger partial charge in [0.05, 0.1) is 16.6 Å². The van der Waals surface area contributed by atoms with Gasteiger partial charge in [0.15, 0.2) is 0 Å². The molecular weight excluding hydrogens is 299 g/mol. The lowest BCUT2D eigenvalue weighted by Gasteiger charge is -2.11. The third-order valence-electron chi connectivity index (χ3n) is 2.27. The number of hydrogen-bond donors (Lipinski definition) is 0. The molecule has 0 aliphatic heterocycles. The van der Waals surface area contributed by atoms with Gasteiger partial charge in [0.25, 0.3) is 9.05 Å². The first kappa shape index (κ1) is 15.3. The van der Waals surface area contributed by atoms with E-state index in [9.17, 15) is 13.2 Å². The maximum absolute atomic E-state index is 11.7. The smallest absolute Gasteiger partial charge is 0.338 e. The van der Waals surface area contributed by atoms with Gasteiger partial charge < -0.3 is 4.74 Å². The van der Waals surface area contributed by atoms with E-state index < -0.39 is 15.0 Å². The molecule has 0 aliphatic carbocycles. The fourth-order valence-electron chi connectivity index (χ4n) is 1.16. The van der Waals surface area contributed by atoms with Crippen LogP contribution in [0.25, 0.3) is 0 Å². The van der Waals surface area contributed by atoms with Crippen molar-refractivity contribution in [3.8, 4) is 0 Å². The molecule has 1 aromatic rings. The lowest BCUT2D eigenvalue weighted by atomic mass is 10.2. The first-order chi connectivity index (χ1) is 8.24. The third kappa shape index (κ3) is 4.15. The molecule has 1 atom stereocenters. The fourth-order valence-corrected chi connectivity index (χ4v) is 2.26. The van der Waals surface area contributed by atoms with Gasteiger partial charge in [0.1, 0.15) is 0 Å². The number of ether oxygens (including phenoxy) is 1. The average Bonchev–Trinajstić information content (AvgIpc) is 2.26. The number of benzene rings is 1. The van der Waals surface area contributed by atoms with Crippen LogP contribution in [-0.2, 0) is 13.8 Å². The molecular formula is C11H12Cl2O4S. The van der Waals surface area contributed by atoms with Gasteiger partial charge in [-0.15, -0.1) is 0 Å². The van der Waals surface area contributed by atoms with Crippen molar-refractivity contribution in [1.29, 1.82) is 0 Å². The predicted molar refractivity (Wildman–Crippen MR) is 69.7 cm³/mol. The van der Waals surface area contributed by atoms with E-state index in [1.165, 1.54) is 12.1 Å². The second kappa shape index (κ2) is 5.91. The van der Waals surface area contributed by atoms with Crippen LogP contribution in [0.5, 0.6) is 0 Å². The van der Waals surface area contributed by atoms with Crippen molar-refractivity contribution in [3.05, 3.63) is 28.8 Å². The van der Waals surface area contributed by atoms with Crippen LogP contribution in [0.15, 0.2) is 23.1 Å². The molecule has 0 N–H and O–H groups in total. The summed E-state index contributed by atoms with van der Waals surface area (Å²) in [6.07, 6.45) is 0.403. The molecule has 100 valence electrons. The van der Waals surface area contributed by atoms with Gasteiger partial charge >= 0.3 is 5.97 Å². The maximum Gasteiger partial charge on any atom is 0.338 e. The Labute approximate surface area is 115 Å². The van der Waals surface area contributed by atoms with E-state index in [-0.39, 0.29) is 21.6 Å². The lowest BCUT2D eigenvalue weighted by molar-refractivity contribution is 0.0334. The monoisotopic (exact) mass is 310 g/mol. The highest BCUT2D eigenvalue weighted by Gasteiger charge is 2.17. The SMILES string of the molecule is CCC(C)OC(=O)c1cc(Cl)cc(S(=O)(=O)Cl)c1. The second-order valence-electron chi connectivity index (χ2n) is 3.74. The zero-order valence-corrected chi connectivity index (χ0v) is 12.1. The van der Waals surface area contributed by atoms with Gasteiger partial charge in [-0.2, -0.15) is 0 Å². The number of rotatable bonds is 4. The fraction of sp³-hybridized carbons (Fsp3) is 0.364. The number of carbonyl (C=O) groups excluding carboxylic acids is 1. The van der Waals surface area contributed by atoms with Crippen LogP contribution in [-0.4, -0.2) is 20.5 Å². The molecule has 4 nitrogen and oxygen atoms in total. The molecule has 0 spiro atoms. The molecule has 0 aromatic heterocycles. The van der Waals surface area contributed by atoms with E-state index >= 15 is 0 Å². The molecule has 0 amide bonds. The quantitative estimate of drug-likeness (QED) is 0.633. The Bertz CT molecular complexity index is 554. The molecule has 0 saturated carbocycles. The van der Waals surface area contributed by atoms with Crippen molar-refractivity contribution in [2.45, 2.75) is 31.3 Å². The summed E-state index contributed by atoms with van der Waals surface area (Å²) in [4.78, 5) is 11.5. The van der Waals surface area contributed by atoms with E-state index in [2.05, 4.69) is 0 Å². The molecule has 1 rings (SSSR count). The molecule has 0 bridgehead atoms. The Morgan fingerprint density at radius 2 is 2.00 bits per heavy atom. The number of halogens is 2. The number of carbonyl (C=O) groups is 1. The summed E-state index contributed by atoms with van der Waals surface area (Å²) in [6.45, 7) is 3.60. The van der Waals surface area contributed by atoms with E-state index in [1.807, 2.05) is 6.92 Å². The highest BCUT2D eigenvalue weighted by molar-refractivity contribution is 8.13. The van der Waals surface area contributed by atoms with Crippen LogP contribution in [0.3, 0.4) is 0 Å². The molecule has 0 aliphatic rings. The first-order valence-electron chi connectivity index (χ1n) is 5.20. The first-order valence-corrected chi connectivity index (χ1v) is 7.89. The Kier molecular flexibility index (Phi) is 5.01. The predicted octanol–water partition coefficient (Wildman–Crippen LogP) is 3.22. The summed E-state index contributed by atoms with van der Waals surface area (Å²) in [5, 5.41) is 0.104. The summed E-state index contributed by atoms with van der Waals surface area (Å²) in [6, 6.07) is 3.64. The zero-order valence-electron chi connectivity index (χ0n) is 9.81. The van der Waals surface area contributed by atoms with Crippen LogP contribution < -0.4 is 0 Å². The van der Waals surface area contributed by atoms with Gasteiger partial charge in [-0.3, -0.25) is 0 Å². The van der Waals surface area contributed by atoms with Crippen molar-refractivity contribution in [3.63, 3.8) is 0 Å². The van der Waals surface area contributed by atoms with Crippen LogP contribution in [0.2, 0.25) is 5.02 Å². The molecule has 0 fully saturated rings. The Morgan fingerprint density at radius 3 is 2.50 bits per heavy atom. The number of hydrogen-bond acceptors (Lipinski definition) is 4. The molecule has 1 unspecified atom stereocenters. The second-order valence-corrected chi connectivity index (χ2v) is 6.74. The largest absolute Gasteiger partial charge is 0.459 e. The van der Waals surface area contributed by atoms with Gasteiger partial charge in [0.2, 0.25) is 0 Å². The summed E-state index contributed by atoms with van der Waals surface area (Å²) < 4.78 is 27.5. The highest BCUT2D eigenvalue weighted by atomic mass is 35.7. The summed E-state index contributed by atoms with van der Waals surface area (Å²) in [5.41, 5.74) is 0.0574. The van der Waals surface area contributed by atoms with Crippen LogP contribution >= 0.6 is 22.3 Å². The Balaban J connectivity index is 3.11. The average molecular weight is 311 g/mol. The summed E-state index contributed by atoms with van der Waals surface area (Å²) in [7, 11) is 1.27. The minimum Gasteiger partial charge on any atom is -0.459 e. The highest BCUT2D eigenvalue weighted by Crippen LogP contribution is 2.22. The van der Waals surface area contributed by atoms with Gasteiger partial charge in [-0.1, -0.05) is 18.5 Å². The number of esters is 1. The van der Waals surface area contributed by atoms with Crippen molar-refractivity contribution in [2.75, 3.05) is 0 Å².